The zero-order valence-electron chi connectivity index (χ0n) is 10.6. The quantitative estimate of drug-likeness (QED) is 0.608. The van der Waals surface area contributed by atoms with E-state index in [1.807, 2.05) is 36.4 Å². The SMILES string of the molecule is [CH-]=Cc1[c-]ccc(N=Nc2ccc(OC)cc2)c1.[Y]. The zero-order chi connectivity index (χ0) is 12.8. The van der Waals surface area contributed by atoms with Crippen LogP contribution >= 0.6 is 0 Å². The Kier molecular flexibility index (Phi) is 6.61. The summed E-state index contributed by atoms with van der Waals surface area (Å²) in [6, 6.07) is 15.7. The van der Waals surface area contributed by atoms with Gasteiger partial charge in [0.05, 0.1) is 12.8 Å². The molecule has 0 saturated carbocycles. The molecule has 0 amide bonds. The van der Waals surface area contributed by atoms with Crippen LogP contribution in [0.3, 0.4) is 0 Å². The maximum atomic E-state index is 5.42. The fourth-order valence-electron chi connectivity index (χ4n) is 1.40. The van der Waals surface area contributed by atoms with Gasteiger partial charge in [0.15, 0.2) is 0 Å². The standard InChI is InChI=1S/C15H12N2O.Y/c1-3-12-5-4-6-14(11-12)17-16-13-7-9-15(18-2)10-8-13;/h1,3-4,6-11H,2H3;/q-2;. The fraction of sp³-hybridized carbons (Fsp3) is 0.0667. The fourth-order valence-corrected chi connectivity index (χ4v) is 1.40. The first kappa shape index (κ1) is 15.7. The first-order chi connectivity index (χ1) is 8.81. The van der Waals surface area contributed by atoms with E-state index in [1.165, 1.54) is 6.08 Å². The van der Waals surface area contributed by atoms with Crippen LogP contribution in [0.4, 0.5) is 11.4 Å². The minimum atomic E-state index is 0. The molecule has 2 rings (SSSR count). The van der Waals surface area contributed by atoms with Crippen molar-refractivity contribution in [3.63, 3.8) is 0 Å². The number of ether oxygens (including phenoxy) is 1. The number of benzene rings is 2. The minimum absolute atomic E-state index is 0. The van der Waals surface area contributed by atoms with Gasteiger partial charge in [-0.2, -0.15) is 22.4 Å². The largest absolute Gasteiger partial charge is 0.497 e. The number of hydrogen-bond acceptors (Lipinski definition) is 3. The van der Waals surface area contributed by atoms with Gasteiger partial charge < -0.3 is 23.0 Å². The van der Waals surface area contributed by atoms with Crippen molar-refractivity contribution in [2.75, 3.05) is 7.11 Å². The second-order valence-corrected chi connectivity index (χ2v) is 3.57. The molecule has 0 atom stereocenters. The third kappa shape index (κ3) is 4.69. The summed E-state index contributed by atoms with van der Waals surface area (Å²) in [5.74, 6) is 0.795. The summed E-state index contributed by atoms with van der Waals surface area (Å²) in [6.07, 6.45) is 1.48. The molecule has 0 bridgehead atoms. The third-order valence-electron chi connectivity index (χ3n) is 2.34. The van der Waals surface area contributed by atoms with E-state index >= 15 is 0 Å². The van der Waals surface area contributed by atoms with Crippen molar-refractivity contribution in [1.82, 2.24) is 0 Å². The number of rotatable bonds is 4. The van der Waals surface area contributed by atoms with E-state index in [2.05, 4.69) is 16.3 Å². The van der Waals surface area contributed by atoms with Crippen molar-refractivity contribution in [3.05, 3.63) is 60.7 Å². The Bertz CT molecular complexity index is 565. The first-order valence-corrected chi connectivity index (χ1v) is 5.44. The van der Waals surface area contributed by atoms with Gasteiger partial charge >= 0.3 is 0 Å². The van der Waals surface area contributed by atoms with Crippen LogP contribution in [-0.2, 0) is 32.7 Å². The molecule has 3 nitrogen and oxygen atoms in total. The average molecular weight is 325 g/mol. The van der Waals surface area contributed by atoms with Gasteiger partial charge in [0, 0.05) is 32.7 Å². The molecular formula is C15H12N2OY-2. The molecule has 0 unspecified atom stereocenters. The summed E-state index contributed by atoms with van der Waals surface area (Å²) in [5.41, 5.74) is 2.30. The molecule has 4 heteroatoms. The van der Waals surface area contributed by atoms with Crippen LogP contribution in [0.5, 0.6) is 5.75 Å². The maximum absolute atomic E-state index is 5.42. The number of azo groups is 1. The Labute approximate surface area is 138 Å². The van der Waals surface area contributed by atoms with Crippen molar-refractivity contribution < 1.29 is 37.4 Å². The molecule has 2 aromatic rings. The van der Waals surface area contributed by atoms with E-state index in [4.69, 9.17) is 11.3 Å². The third-order valence-corrected chi connectivity index (χ3v) is 2.34. The maximum Gasteiger partial charge on any atom is 0.119 e. The van der Waals surface area contributed by atoms with E-state index in [0.29, 0.717) is 0 Å². The van der Waals surface area contributed by atoms with Gasteiger partial charge in [0.25, 0.3) is 0 Å². The van der Waals surface area contributed by atoms with E-state index in [9.17, 15) is 0 Å². The molecule has 0 fully saturated rings. The summed E-state index contributed by atoms with van der Waals surface area (Å²) in [6.45, 7) is 5.42. The van der Waals surface area contributed by atoms with Crippen LogP contribution in [0.25, 0.3) is 6.08 Å². The van der Waals surface area contributed by atoms with Crippen LogP contribution in [0.15, 0.2) is 52.7 Å². The number of nitrogens with zero attached hydrogens (tertiary/aromatic N) is 2. The van der Waals surface area contributed by atoms with Gasteiger partial charge in [-0.1, -0.05) is 0 Å². The Morgan fingerprint density at radius 3 is 2.42 bits per heavy atom. The molecular weight excluding hydrogens is 313 g/mol. The Morgan fingerprint density at radius 1 is 1.11 bits per heavy atom. The molecule has 0 aliphatic heterocycles. The summed E-state index contributed by atoms with van der Waals surface area (Å²) >= 11 is 0. The van der Waals surface area contributed by atoms with Crippen molar-refractivity contribution in [3.8, 4) is 5.75 Å². The van der Waals surface area contributed by atoms with Crippen LogP contribution in [0, 0.1) is 12.6 Å². The predicted molar refractivity (Wildman–Crippen MR) is 71.2 cm³/mol. The van der Waals surface area contributed by atoms with Crippen LogP contribution in [0.2, 0.25) is 0 Å². The van der Waals surface area contributed by atoms with Gasteiger partial charge in [-0.05, 0) is 30.0 Å². The molecule has 0 heterocycles. The second kappa shape index (κ2) is 7.98. The summed E-state index contributed by atoms with van der Waals surface area (Å²) in [7, 11) is 1.63. The molecule has 2 aromatic carbocycles. The van der Waals surface area contributed by atoms with Gasteiger partial charge in [-0.25, -0.2) is 6.07 Å². The van der Waals surface area contributed by atoms with Crippen molar-refractivity contribution in [2.45, 2.75) is 0 Å². The normalized spacial score (nSPS) is 9.95. The monoisotopic (exact) mass is 325 g/mol. The molecule has 0 aliphatic rings. The average Bonchev–Trinajstić information content (AvgIpc) is 2.46. The van der Waals surface area contributed by atoms with Crippen molar-refractivity contribution >= 4 is 17.5 Å². The topological polar surface area (TPSA) is 34.0 Å². The zero-order valence-corrected chi connectivity index (χ0v) is 13.4. The summed E-state index contributed by atoms with van der Waals surface area (Å²) < 4.78 is 5.07. The number of hydrogen-bond donors (Lipinski definition) is 0. The summed E-state index contributed by atoms with van der Waals surface area (Å²) in [5, 5.41) is 8.26. The van der Waals surface area contributed by atoms with E-state index < -0.39 is 0 Å². The molecule has 0 aliphatic carbocycles. The first-order valence-electron chi connectivity index (χ1n) is 5.44. The Morgan fingerprint density at radius 2 is 1.79 bits per heavy atom. The Balaban J connectivity index is 0.00000180. The smallest absolute Gasteiger partial charge is 0.119 e. The Hall–Kier alpha value is -1.32. The van der Waals surface area contributed by atoms with Gasteiger partial charge in [0.1, 0.15) is 5.75 Å². The molecule has 0 N–H and O–H groups in total. The van der Waals surface area contributed by atoms with E-state index in [1.54, 1.807) is 13.2 Å². The molecule has 1 radical (unpaired) electrons. The predicted octanol–water partition coefficient (Wildman–Crippen LogP) is 4.35. The van der Waals surface area contributed by atoms with Crippen LogP contribution < -0.4 is 4.74 Å². The molecule has 0 aromatic heterocycles. The number of methoxy groups -OCH3 is 1. The van der Waals surface area contributed by atoms with Gasteiger partial charge in [0.2, 0.25) is 0 Å². The van der Waals surface area contributed by atoms with Crippen molar-refractivity contribution in [1.29, 1.82) is 0 Å². The van der Waals surface area contributed by atoms with Gasteiger partial charge in [-0.15, -0.1) is 6.07 Å². The molecule has 0 spiro atoms. The van der Waals surface area contributed by atoms with Crippen LogP contribution in [0.1, 0.15) is 5.56 Å². The summed E-state index contributed by atoms with van der Waals surface area (Å²) in [4.78, 5) is 0. The second-order valence-electron chi connectivity index (χ2n) is 3.57. The van der Waals surface area contributed by atoms with E-state index in [0.717, 1.165) is 22.7 Å². The molecule has 0 saturated heterocycles. The minimum Gasteiger partial charge on any atom is -0.497 e. The molecule has 93 valence electrons. The van der Waals surface area contributed by atoms with E-state index in [-0.39, 0.29) is 32.7 Å². The van der Waals surface area contributed by atoms with Crippen LogP contribution in [-0.4, -0.2) is 7.11 Å². The molecule has 19 heavy (non-hydrogen) atoms. The van der Waals surface area contributed by atoms with Gasteiger partial charge in [-0.3, -0.25) is 0 Å². The van der Waals surface area contributed by atoms with Crippen molar-refractivity contribution in [2.24, 2.45) is 10.2 Å².